The van der Waals surface area contributed by atoms with Gasteiger partial charge in [0.15, 0.2) is 0 Å². The Labute approximate surface area is 119 Å². The molecule has 0 aliphatic heterocycles. The van der Waals surface area contributed by atoms with Crippen LogP contribution in [0, 0.1) is 0 Å². The molecule has 0 fully saturated rings. The highest BCUT2D eigenvalue weighted by Gasteiger charge is 2.07. The van der Waals surface area contributed by atoms with Gasteiger partial charge in [0.05, 0.1) is 11.0 Å². The summed E-state index contributed by atoms with van der Waals surface area (Å²) < 4.78 is 0. The summed E-state index contributed by atoms with van der Waals surface area (Å²) in [6.07, 6.45) is 2.60. The van der Waals surface area contributed by atoms with Crippen LogP contribution >= 0.6 is 0 Å². The van der Waals surface area contributed by atoms with Gasteiger partial charge in [0.2, 0.25) is 0 Å². The maximum atomic E-state index is 11.7. The Bertz CT molecular complexity index is 527. The van der Waals surface area contributed by atoms with Crippen molar-refractivity contribution in [3.8, 4) is 0 Å². The van der Waals surface area contributed by atoms with Crippen molar-refractivity contribution in [2.24, 2.45) is 0 Å². The van der Waals surface area contributed by atoms with E-state index in [-0.39, 0.29) is 12.1 Å². The molecule has 108 valence electrons. The molecule has 0 unspecified atom stereocenters. The molecule has 0 saturated carbocycles. The van der Waals surface area contributed by atoms with E-state index < -0.39 is 0 Å². The lowest BCUT2D eigenvalue weighted by Gasteiger charge is -2.15. The Kier molecular flexibility index (Phi) is 4.98. The number of carbonyl (C=O) groups is 1. The van der Waals surface area contributed by atoms with Crippen LogP contribution in [0.1, 0.15) is 32.5 Å². The zero-order valence-electron chi connectivity index (χ0n) is 12.1. The molecule has 5 nitrogen and oxygen atoms in total. The number of amides is 2. The molecular formula is C15H22N4O. The van der Waals surface area contributed by atoms with E-state index in [9.17, 15) is 4.79 Å². The van der Waals surface area contributed by atoms with Gasteiger partial charge in [-0.25, -0.2) is 9.78 Å². The molecule has 5 heteroatoms. The van der Waals surface area contributed by atoms with E-state index in [1.54, 1.807) is 0 Å². The molecule has 0 saturated heterocycles. The van der Waals surface area contributed by atoms with Crippen molar-refractivity contribution in [2.75, 3.05) is 6.54 Å². The number of fused-ring (bicyclic) bond motifs is 1. The lowest BCUT2D eigenvalue weighted by atomic mass is 10.2. The average molecular weight is 274 g/mol. The number of imidazole rings is 1. The summed E-state index contributed by atoms with van der Waals surface area (Å²) in [6.45, 7) is 4.72. The van der Waals surface area contributed by atoms with Gasteiger partial charge in [-0.05, 0) is 25.0 Å². The maximum absolute atomic E-state index is 11.7. The molecule has 0 spiro atoms. The molecule has 20 heavy (non-hydrogen) atoms. The van der Waals surface area contributed by atoms with E-state index in [0.717, 1.165) is 29.7 Å². The van der Waals surface area contributed by atoms with Gasteiger partial charge in [0.25, 0.3) is 0 Å². The van der Waals surface area contributed by atoms with Crippen molar-refractivity contribution in [3.05, 3.63) is 30.1 Å². The van der Waals surface area contributed by atoms with Crippen molar-refractivity contribution in [3.63, 3.8) is 0 Å². The highest BCUT2D eigenvalue weighted by Crippen LogP contribution is 2.10. The van der Waals surface area contributed by atoms with E-state index in [4.69, 9.17) is 0 Å². The lowest BCUT2D eigenvalue weighted by molar-refractivity contribution is 0.236. The number of H-pyrrole nitrogens is 1. The lowest BCUT2D eigenvalue weighted by Crippen LogP contribution is -2.42. The summed E-state index contributed by atoms with van der Waals surface area (Å²) in [4.78, 5) is 19.4. The van der Waals surface area contributed by atoms with Crippen LogP contribution in [0.2, 0.25) is 0 Å². The van der Waals surface area contributed by atoms with Crippen LogP contribution in [0.3, 0.4) is 0 Å². The Morgan fingerprint density at radius 3 is 2.75 bits per heavy atom. The first-order valence-corrected chi connectivity index (χ1v) is 7.21. The number of nitrogens with one attached hydrogen (secondary N) is 3. The van der Waals surface area contributed by atoms with E-state index in [0.29, 0.717) is 13.0 Å². The molecule has 0 atom stereocenters. The number of nitrogens with zero attached hydrogens (tertiary/aromatic N) is 1. The molecular weight excluding hydrogens is 252 g/mol. The van der Waals surface area contributed by atoms with Gasteiger partial charge in [-0.2, -0.15) is 0 Å². The number of urea groups is 1. The minimum atomic E-state index is -0.102. The number of hydrogen-bond donors (Lipinski definition) is 3. The average Bonchev–Trinajstić information content (AvgIpc) is 2.87. The second-order valence-electron chi connectivity index (χ2n) is 4.86. The van der Waals surface area contributed by atoms with Gasteiger partial charge >= 0.3 is 6.03 Å². The third-order valence-electron chi connectivity index (χ3n) is 3.41. The molecule has 0 aliphatic carbocycles. The van der Waals surface area contributed by atoms with Crippen molar-refractivity contribution >= 4 is 17.1 Å². The second kappa shape index (κ2) is 6.93. The molecule has 3 N–H and O–H groups in total. The summed E-state index contributed by atoms with van der Waals surface area (Å²) >= 11 is 0. The number of carbonyl (C=O) groups excluding carboxylic acids is 1. The van der Waals surface area contributed by atoms with Crippen LogP contribution in [-0.4, -0.2) is 28.6 Å². The van der Waals surface area contributed by atoms with E-state index in [2.05, 4.69) is 34.4 Å². The summed E-state index contributed by atoms with van der Waals surface area (Å²) in [5.41, 5.74) is 1.99. The van der Waals surface area contributed by atoms with E-state index >= 15 is 0 Å². The molecule has 1 aromatic carbocycles. The molecule has 2 amide bonds. The summed E-state index contributed by atoms with van der Waals surface area (Å²) in [6, 6.07) is 8.07. The molecule has 2 aromatic rings. The first-order chi connectivity index (χ1) is 9.72. The van der Waals surface area contributed by atoms with Gasteiger partial charge in [-0.3, -0.25) is 0 Å². The molecule has 1 heterocycles. The predicted molar refractivity (Wildman–Crippen MR) is 80.7 cm³/mol. The zero-order valence-corrected chi connectivity index (χ0v) is 12.1. The maximum Gasteiger partial charge on any atom is 0.315 e. The smallest absolute Gasteiger partial charge is 0.315 e. The first kappa shape index (κ1) is 14.4. The molecule has 1 aromatic heterocycles. The summed E-state index contributed by atoms with van der Waals surface area (Å²) in [5.74, 6) is 0.897. The molecule has 0 bridgehead atoms. The van der Waals surface area contributed by atoms with Crippen molar-refractivity contribution in [1.82, 2.24) is 20.6 Å². The van der Waals surface area contributed by atoms with Gasteiger partial charge in [-0.15, -0.1) is 0 Å². The van der Waals surface area contributed by atoms with Crippen LogP contribution in [-0.2, 0) is 6.42 Å². The van der Waals surface area contributed by atoms with Gasteiger partial charge in [0, 0.05) is 19.0 Å². The Balaban J connectivity index is 1.79. The largest absolute Gasteiger partial charge is 0.342 e. The predicted octanol–water partition coefficient (Wildman–Crippen LogP) is 2.59. The van der Waals surface area contributed by atoms with E-state index in [1.807, 2.05) is 24.3 Å². The zero-order chi connectivity index (χ0) is 14.4. The quantitative estimate of drug-likeness (QED) is 0.757. The van der Waals surface area contributed by atoms with Crippen molar-refractivity contribution < 1.29 is 4.79 Å². The number of aromatic nitrogens is 2. The standard InChI is InChI=1S/C15H22N4O/c1-3-11(4-2)17-15(20)16-10-9-14-18-12-7-5-6-8-13(12)19-14/h5-8,11H,3-4,9-10H2,1-2H3,(H,18,19)(H2,16,17,20). The number of benzene rings is 1. The Hall–Kier alpha value is -2.04. The third-order valence-corrected chi connectivity index (χ3v) is 3.41. The molecule has 0 aliphatic rings. The number of hydrogen-bond acceptors (Lipinski definition) is 2. The van der Waals surface area contributed by atoms with Crippen LogP contribution in [0.4, 0.5) is 4.79 Å². The fourth-order valence-corrected chi connectivity index (χ4v) is 2.15. The Morgan fingerprint density at radius 2 is 2.05 bits per heavy atom. The fraction of sp³-hybridized carbons (Fsp3) is 0.467. The topological polar surface area (TPSA) is 69.8 Å². The Morgan fingerprint density at radius 1 is 1.30 bits per heavy atom. The minimum absolute atomic E-state index is 0.102. The van der Waals surface area contributed by atoms with Crippen LogP contribution in [0.25, 0.3) is 11.0 Å². The number of aromatic amines is 1. The normalized spacial score (nSPS) is 10.9. The third kappa shape index (κ3) is 3.73. The minimum Gasteiger partial charge on any atom is -0.342 e. The van der Waals surface area contributed by atoms with Crippen molar-refractivity contribution in [2.45, 2.75) is 39.2 Å². The van der Waals surface area contributed by atoms with Gasteiger partial charge in [-0.1, -0.05) is 26.0 Å². The fourth-order valence-electron chi connectivity index (χ4n) is 2.15. The van der Waals surface area contributed by atoms with Gasteiger partial charge in [0.1, 0.15) is 5.82 Å². The number of rotatable bonds is 6. The van der Waals surface area contributed by atoms with Crippen LogP contribution in [0.5, 0.6) is 0 Å². The monoisotopic (exact) mass is 274 g/mol. The SMILES string of the molecule is CCC(CC)NC(=O)NCCc1nc2ccccc2[nH]1. The first-order valence-electron chi connectivity index (χ1n) is 7.21. The van der Waals surface area contributed by atoms with E-state index in [1.165, 1.54) is 0 Å². The highest BCUT2D eigenvalue weighted by molar-refractivity contribution is 5.75. The molecule has 0 radical (unpaired) electrons. The highest BCUT2D eigenvalue weighted by atomic mass is 16.2. The second-order valence-corrected chi connectivity index (χ2v) is 4.86. The van der Waals surface area contributed by atoms with Crippen LogP contribution in [0.15, 0.2) is 24.3 Å². The molecule has 2 rings (SSSR count). The summed E-state index contributed by atoms with van der Waals surface area (Å²) in [5, 5.41) is 5.81. The van der Waals surface area contributed by atoms with Gasteiger partial charge < -0.3 is 15.6 Å². The number of para-hydroxylation sites is 2. The summed E-state index contributed by atoms with van der Waals surface area (Å²) in [7, 11) is 0. The van der Waals surface area contributed by atoms with Crippen LogP contribution < -0.4 is 10.6 Å². The van der Waals surface area contributed by atoms with Crippen molar-refractivity contribution in [1.29, 1.82) is 0 Å².